The van der Waals surface area contributed by atoms with Crippen LogP contribution in [0.4, 0.5) is 4.39 Å². The van der Waals surface area contributed by atoms with E-state index in [-0.39, 0.29) is 12.0 Å². The average molecular weight is 428 g/mol. The van der Waals surface area contributed by atoms with Gasteiger partial charge in [0, 0.05) is 11.4 Å². The molecule has 2 N–H and O–H groups in total. The van der Waals surface area contributed by atoms with E-state index in [9.17, 15) is 17.6 Å². The van der Waals surface area contributed by atoms with Gasteiger partial charge in [-0.3, -0.25) is 4.79 Å². The third-order valence-electron chi connectivity index (χ3n) is 4.32. The maximum atomic E-state index is 13.9. The van der Waals surface area contributed by atoms with E-state index in [1.165, 1.54) is 18.2 Å². The molecule has 154 valence electrons. The lowest BCUT2D eigenvalue weighted by molar-refractivity contribution is -0.123. The second-order valence-electron chi connectivity index (χ2n) is 7.01. The predicted molar refractivity (Wildman–Crippen MR) is 109 cm³/mol. The van der Waals surface area contributed by atoms with Gasteiger partial charge in [0.2, 0.25) is 15.9 Å². The molecule has 0 saturated heterocycles. The fraction of sp³-hybridized carbons (Fsp3) is 0.421. The van der Waals surface area contributed by atoms with Crippen molar-refractivity contribution in [2.45, 2.75) is 30.8 Å². The van der Waals surface area contributed by atoms with Gasteiger partial charge in [-0.2, -0.15) is 4.72 Å². The molecule has 0 aliphatic rings. The van der Waals surface area contributed by atoms with Gasteiger partial charge in [0.1, 0.15) is 16.8 Å². The number of carbonyl (C=O) groups excluding carboxylic acids is 1. The van der Waals surface area contributed by atoms with Crippen molar-refractivity contribution in [3.8, 4) is 0 Å². The minimum absolute atomic E-state index is 0.0278. The van der Waals surface area contributed by atoms with E-state index in [0.717, 1.165) is 10.9 Å². The highest BCUT2D eigenvalue weighted by molar-refractivity contribution is 7.89. The van der Waals surface area contributed by atoms with Crippen LogP contribution < -0.4 is 10.0 Å². The Balaban J connectivity index is 2.13. The quantitative estimate of drug-likeness (QED) is 0.645. The lowest BCUT2D eigenvalue weighted by Crippen LogP contribution is -2.50. The first-order chi connectivity index (χ1) is 13.1. The van der Waals surface area contributed by atoms with Crippen molar-refractivity contribution in [2.24, 2.45) is 5.92 Å². The zero-order valence-corrected chi connectivity index (χ0v) is 18.0. The fourth-order valence-electron chi connectivity index (χ4n) is 2.71. The molecule has 2 unspecified atom stereocenters. The van der Waals surface area contributed by atoms with E-state index in [0.29, 0.717) is 6.54 Å². The second kappa shape index (κ2) is 9.60. The zero-order valence-electron chi connectivity index (χ0n) is 16.3. The Morgan fingerprint density at radius 2 is 1.86 bits per heavy atom. The predicted octanol–water partition coefficient (Wildman–Crippen LogP) is 2.61. The summed E-state index contributed by atoms with van der Waals surface area (Å²) >= 11 is 1.59. The van der Waals surface area contributed by atoms with E-state index in [1.54, 1.807) is 25.2 Å². The molecule has 2 aromatic rings. The summed E-state index contributed by atoms with van der Waals surface area (Å²) in [6.07, 6.45) is 0. The Morgan fingerprint density at radius 3 is 2.39 bits per heavy atom. The first-order valence-electron chi connectivity index (χ1n) is 8.88. The van der Waals surface area contributed by atoms with Gasteiger partial charge in [0.25, 0.3) is 0 Å². The van der Waals surface area contributed by atoms with Gasteiger partial charge in [0.15, 0.2) is 0 Å². The van der Waals surface area contributed by atoms with Gasteiger partial charge >= 0.3 is 0 Å². The Labute approximate surface area is 169 Å². The molecule has 1 aromatic carbocycles. The van der Waals surface area contributed by atoms with E-state index in [4.69, 9.17) is 0 Å². The zero-order chi connectivity index (χ0) is 20.9. The lowest BCUT2D eigenvalue weighted by atomic mass is 10.0. The SMILES string of the molecule is CC(C)C(NS(=O)(=O)c1ccccc1F)C(=O)NCC(c1cccs1)N(C)C. The molecule has 2 atom stereocenters. The van der Waals surface area contributed by atoms with Crippen molar-refractivity contribution < 1.29 is 17.6 Å². The third-order valence-corrected chi connectivity index (χ3v) is 6.77. The maximum Gasteiger partial charge on any atom is 0.244 e. The minimum Gasteiger partial charge on any atom is -0.353 e. The number of amides is 1. The van der Waals surface area contributed by atoms with Crippen LogP contribution in [-0.2, 0) is 14.8 Å². The van der Waals surface area contributed by atoms with Crippen molar-refractivity contribution in [1.82, 2.24) is 14.9 Å². The highest BCUT2D eigenvalue weighted by Crippen LogP contribution is 2.22. The van der Waals surface area contributed by atoms with Crippen LogP contribution in [0.2, 0.25) is 0 Å². The molecule has 0 aliphatic carbocycles. The maximum absolute atomic E-state index is 13.9. The van der Waals surface area contributed by atoms with Crippen LogP contribution in [0, 0.1) is 11.7 Å². The van der Waals surface area contributed by atoms with Crippen LogP contribution in [-0.4, -0.2) is 45.9 Å². The topological polar surface area (TPSA) is 78.5 Å². The summed E-state index contributed by atoms with van der Waals surface area (Å²) in [5.74, 6) is -1.62. The Hall–Kier alpha value is -1.81. The first kappa shape index (κ1) is 22.5. The number of hydrogen-bond donors (Lipinski definition) is 2. The summed E-state index contributed by atoms with van der Waals surface area (Å²) < 4.78 is 41.4. The number of nitrogens with one attached hydrogen (secondary N) is 2. The molecular formula is C19H26FN3O3S2. The van der Waals surface area contributed by atoms with Crippen LogP contribution >= 0.6 is 11.3 Å². The number of nitrogens with zero attached hydrogens (tertiary/aromatic N) is 1. The number of sulfonamides is 1. The molecule has 1 heterocycles. The summed E-state index contributed by atoms with van der Waals surface area (Å²) in [5.41, 5.74) is 0. The number of rotatable bonds is 9. The molecular weight excluding hydrogens is 401 g/mol. The first-order valence-corrected chi connectivity index (χ1v) is 11.2. The van der Waals surface area contributed by atoms with Crippen LogP contribution in [0.15, 0.2) is 46.7 Å². The number of carbonyl (C=O) groups is 1. The van der Waals surface area contributed by atoms with Crippen molar-refractivity contribution in [2.75, 3.05) is 20.6 Å². The largest absolute Gasteiger partial charge is 0.353 e. The van der Waals surface area contributed by atoms with E-state index >= 15 is 0 Å². The highest BCUT2D eigenvalue weighted by atomic mass is 32.2. The number of halogens is 1. The van der Waals surface area contributed by atoms with Crippen LogP contribution in [0.25, 0.3) is 0 Å². The molecule has 1 amide bonds. The highest BCUT2D eigenvalue weighted by Gasteiger charge is 2.30. The molecule has 0 fully saturated rings. The van der Waals surface area contributed by atoms with Gasteiger partial charge in [-0.25, -0.2) is 12.8 Å². The normalized spacial score (nSPS) is 14.2. The summed E-state index contributed by atoms with van der Waals surface area (Å²) in [6, 6.07) is 7.97. The Morgan fingerprint density at radius 1 is 1.18 bits per heavy atom. The van der Waals surface area contributed by atoms with Crippen LogP contribution in [0.3, 0.4) is 0 Å². The summed E-state index contributed by atoms with van der Waals surface area (Å²) in [6.45, 7) is 3.80. The number of likely N-dealkylation sites (N-methyl/N-ethyl adjacent to an activating group) is 1. The van der Waals surface area contributed by atoms with Gasteiger partial charge in [-0.1, -0.05) is 32.0 Å². The minimum atomic E-state index is -4.17. The summed E-state index contributed by atoms with van der Waals surface area (Å²) in [5, 5.41) is 4.79. The molecule has 9 heteroatoms. The van der Waals surface area contributed by atoms with Crippen LogP contribution in [0.5, 0.6) is 0 Å². The molecule has 0 aliphatic heterocycles. The van der Waals surface area contributed by atoms with Gasteiger partial charge in [0.05, 0.1) is 6.04 Å². The molecule has 28 heavy (non-hydrogen) atoms. The van der Waals surface area contributed by atoms with Gasteiger partial charge < -0.3 is 10.2 Å². The van der Waals surface area contributed by atoms with Crippen molar-refractivity contribution in [3.05, 3.63) is 52.5 Å². The van der Waals surface area contributed by atoms with Gasteiger partial charge in [-0.05, 0) is 43.6 Å². The summed E-state index contributed by atoms with van der Waals surface area (Å²) in [4.78, 5) is 15.3. The smallest absolute Gasteiger partial charge is 0.244 e. The second-order valence-corrected chi connectivity index (χ2v) is 9.68. The van der Waals surface area contributed by atoms with E-state index in [2.05, 4.69) is 10.0 Å². The number of thiophene rings is 1. The van der Waals surface area contributed by atoms with E-state index in [1.807, 2.05) is 36.5 Å². The monoisotopic (exact) mass is 427 g/mol. The molecule has 2 rings (SSSR count). The van der Waals surface area contributed by atoms with Crippen LogP contribution in [0.1, 0.15) is 24.8 Å². The van der Waals surface area contributed by atoms with Gasteiger partial charge in [-0.15, -0.1) is 11.3 Å². The fourth-order valence-corrected chi connectivity index (χ4v) is 5.06. The van der Waals surface area contributed by atoms with Crippen molar-refractivity contribution in [1.29, 1.82) is 0 Å². The molecule has 1 aromatic heterocycles. The van der Waals surface area contributed by atoms with Crippen molar-refractivity contribution in [3.63, 3.8) is 0 Å². The standard InChI is InChI=1S/C19H26FN3O3S2/c1-13(2)18(22-28(25,26)17-10-6-5-8-14(17)20)19(24)21-12-15(23(3)4)16-9-7-11-27-16/h5-11,13,15,18,22H,12H2,1-4H3,(H,21,24). The molecule has 6 nitrogen and oxygen atoms in total. The molecule has 0 saturated carbocycles. The average Bonchev–Trinajstić information content (AvgIpc) is 3.13. The number of benzene rings is 1. The third kappa shape index (κ3) is 5.60. The number of hydrogen-bond acceptors (Lipinski definition) is 5. The Kier molecular flexibility index (Phi) is 7.70. The Bertz CT molecular complexity index is 884. The summed E-state index contributed by atoms with van der Waals surface area (Å²) in [7, 11) is -0.344. The molecule has 0 bridgehead atoms. The van der Waals surface area contributed by atoms with Crippen molar-refractivity contribution >= 4 is 27.3 Å². The lowest BCUT2D eigenvalue weighted by Gasteiger charge is -2.26. The molecule has 0 radical (unpaired) electrons. The molecule has 0 spiro atoms. The van der Waals surface area contributed by atoms with E-state index < -0.39 is 32.7 Å².